The minimum absolute atomic E-state index is 0.0272. The van der Waals surface area contributed by atoms with Gasteiger partial charge >= 0.3 is 0 Å². The molecule has 0 spiro atoms. The van der Waals surface area contributed by atoms with E-state index < -0.39 is 20.7 Å². The highest BCUT2D eigenvalue weighted by Gasteiger charge is 2.18. The maximum Gasteiger partial charge on any atom is 0.241 e. The molecule has 0 amide bonds. The quantitative estimate of drug-likeness (QED) is 0.763. The van der Waals surface area contributed by atoms with Gasteiger partial charge in [-0.05, 0) is 22.4 Å². The topological polar surface area (TPSA) is 69.4 Å². The van der Waals surface area contributed by atoms with Crippen molar-refractivity contribution in [2.45, 2.75) is 11.5 Å². The molecule has 3 aromatic carbocycles. The van der Waals surface area contributed by atoms with E-state index in [4.69, 9.17) is 21.5 Å². The highest BCUT2D eigenvalue weighted by atomic mass is 35.5. The first-order valence-electron chi connectivity index (χ1n) is 6.97. The zero-order valence-electron chi connectivity index (χ0n) is 12.4. The van der Waals surface area contributed by atoms with Gasteiger partial charge in [0.1, 0.15) is 23.1 Å². The summed E-state index contributed by atoms with van der Waals surface area (Å²) in [4.78, 5) is -0.662. The number of hydrogen-bond donors (Lipinski definition) is 1. The average Bonchev–Trinajstić information content (AvgIpc) is 2.54. The van der Waals surface area contributed by atoms with Crippen molar-refractivity contribution in [3.8, 4) is 5.75 Å². The number of rotatable bonds is 4. The number of sulfonamides is 1. The van der Waals surface area contributed by atoms with Crippen LogP contribution in [0.4, 0.5) is 4.39 Å². The van der Waals surface area contributed by atoms with Gasteiger partial charge in [-0.3, -0.25) is 0 Å². The molecule has 0 saturated heterocycles. The van der Waals surface area contributed by atoms with Gasteiger partial charge in [0.25, 0.3) is 0 Å². The fourth-order valence-corrected chi connectivity index (χ4v) is 3.31. The predicted octanol–water partition coefficient (Wildman–Crippen LogP) is 3.86. The van der Waals surface area contributed by atoms with Crippen LogP contribution in [0.1, 0.15) is 5.56 Å². The van der Waals surface area contributed by atoms with Gasteiger partial charge in [-0.1, -0.05) is 54.1 Å². The lowest BCUT2D eigenvalue weighted by Gasteiger charge is -2.11. The standard InChI is InChI=1S/C17H13ClFNO3S/c18-14-8-17(24(20,21)22)15(19)9-16(14)23-10-12-6-3-5-11-4-1-2-7-13(11)12/h1-9H,10H2,(H2,20,21,22). The summed E-state index contributed by atoms with van der Waals surface area (Å²) in [6.45, 7) is 0.162. The first kappa shape index (κ1) is 16.7. The molecule has 0 unspecified atom stereocenters. The fraction of sp³-hybridized carbons (Fsp3) is 0.0588. The first-order chi connectivity index (χ1) is 11.4. The maximum absolute atomic E-state index is 13.9. The molecule has 3 aromatic rings. The Kier molecular flexibility index (Phi) is 4.45. The Labute approximate surface area is 143 Å². The van der Waals surface area contributed by atoms with Crippen molar-refractivity contribution in [3.05, 3.63) is 71.0 Å². The van der Waals surface area contributed by atoms with E-state index in [0.717, 1.165) is 28.5 Å². The lowest BCUT2D eigenvalue weighted by Crippen LogP contribution is -2.14. The number of ether oxygens (including phenoxy) is 1. The van der Waals surface area contributed by atoms with Crippen molar-refractivity contribution < 1.29 is 17.5 Å². The van der Waals surface area contributed by atoms with E-state index in [1.54, 1.807) is 0 Å². The molecule has 0 saturated carbocycles. The van der Waals surface area contributed by atoms with Gasteiger partial charge in [-0.25, -0.2) is 17.9 Å². The molecular weight excluding hydrogens is 353 g/mol. The molecule has 0 heterocycles. The lowest BCUT2D eigenvalue weighted by molar-refractivity contribution is 0.305. The third kappa shape index (κ3) is 3.36. The van der Waals surface area contributed by atoms with Gasteiger partial charge in [0.2, 0.25) is 10.0 Å². The van der Waals surface area contributed by atoms with Crippen LogP contribution < -0.4 is 9.88 Å². The third-order valence-corrected chi connectivity index (χ3v) is 4.78. The first-order valence-corrected chi connectivity index (χ1v) is 8.90. The van der Waals surface area contributed by atoms with Crippen LogP contribution in [0.5, 0.6) is 5.75 Å². The van der Waals surface area contributed by atoms with E-state index in [9.17, 15) is 12.8 Å². The van der Waals surface area contributed by atoms with E-state index in [1.165, 1.54) is 0 Å². The Bertz CT molecular complexity index is 1020. The normalized spacial score (nSPS) is 11.6. The van der Waals surface area contributed by atoms with Crippen LogP contribution in [0.3, 0.4) is 0 Å². The predicted molar refractivity (Wildman–Crippen MR) is 91.1 cm³/mol. The van der Waals surface area contributed by atoms with Crippen molar-refractivity contribution >= 4 is 32.4 Å². The van der Waals surface area contributed by atoms with E-state index >= 15 is 0 Å². The third-order valence-electron chi connectivity index (χ3n) is 3.56. The molecular formula is C17H13ClFNO3S. The van der Waals surface area contributed by atoms with Crippen LogP contribution in [0.25, 0.3) is 10.8 Å². The summed E-state index contributed by atoms with van der Waals surface area (Å²) in [5.74, 6) is -0.954. The van der Waals surface area contributed by atoms with Crippen LogP contribution in [0, 0.1) is 5.82 Å². The van der Waals surface area contributed by atoms with Crippen molar-refractivity contribution in [2.24, 2.45) is 5.14 Å². The van der Waals surface area contributed by atoms with Gasteiger partial charge in [0.15, 0.2) is 0 Å². The molecule has 4 nitrogen and oxygen atoms in total. The Morgan fingerprint density at radius 3 is 2.54 bits per heavy atom. The van der Waals surface area contributed by atoms with Crippen molar-refractivity contribution in [1.29, 1.82) is 0 Å². The molecule has 2 N–H and O–H groups in total. The second-order valence-corrected chi connectivity index (χ2v) is 7.12. The van der Waals surface area contributed by atoms with E-state index in [-0.39, 0.29) is 17.4 Å². The number of fused-ring (bicyclic) bond motifs is 1. The molecule has 0 aromatic heterocycles. The largest absolute Gasteiger partial charge is 0.487 e. The van der Waals surface area contributed by atoms with E-state index in [0.29, 0.717) is 0 Å². The summed E-state index contributed by atoms with van der Waals surface area (Å²) in [7, 11) is -4.18. The Balaban J connectivity index is 1.91. The highest BCUT2D eigenvalue weighted by Crippen LogP contribution is 2.30. The summed E-state index contributed by atoms with van der Waals surface area (Å²) < 4.78 is 42.0. The molecule has 0 fully saturated rings. The second kappa shape index (κ2) is 6.39. The molecule has 3 rings (SSSR count). The average molecular weight is 366 g/mol. The zero-order valence-corrected chi connectivity index (χ0v) is 13.9. The summed E-state index contributed by atoms with van der Waals surface area (Å²) in [5, 5.41) is 6.98. The monoisotopic (exact) mass is 365 g/mol. The second-order valence-electron chi connectivity index (χ2n) is 5.19. The van der Waals surface area contributed by atoms with Gasteiger partial charge in [0.05, 0.1) is 5.02 Å². The van der Waals surface area contributed by atoms with Crippen LogP contribution >= 0.6 is 11.6 Å². The number of halogens is 2. The van der Waals surface area contributed by atoms with Gasteiger partial charge in [-0.15, -0.1) is 0 Å². The van der Waals surface area contributed by atoms with Gasteiger partial charge < -0.3 is 4.74 Å². The number of benzene rings is 3. The van der Waals surface area contributed by atoms with Crippen LogP contribution in [0.2, 0.25) is 5.02 Å². The summed E-state index contributed by atoms with van der Waals surface area (Å²) >= 11 is 5.98. The maximum atomic E-state index is 13.9. The van der Waals surface area contributed by atoms with E-state index in [1.807, 2.05) is 42.5 Å². The lowest BCUT2D eigenvalue weighted by atomic mass is 10.1. The van der Waals surface area contributed by atoms with Crippen molar-refractivity contribution in [2.75, 3.05) is 0 Å². The molecule has 0 aliphatic carbocycles. The van der Waals surface area contributed by atoms with Gasteiger partial charge in [0, 0.05) is 6.07 Å². The van der Waals surface area contributed by atoms with Crippen molar-refractivity contribution in [1.82, 2.24) is 0 Å². The Morgan fingerprint density at radius 1 is 1.08 bits per heavy atom. The number of hydrogen-bond acceptors (Lipinski definition) is 3. The highest BCUT2D eigenvalue weighted by molar-refractivity contribution is 7.89. The smallest absolute Gasteiger partial charge is 0.241 e. The molecule has 0 atom stereocenters. The number of primary sulfonamides is 1. The van der Waals surface area contributed by atoms with Crippen LogP contribution in [-0.2, 0) is 16.6 Å². The SMILES string of the molecule is NS(=O)(=O)c1cc(Cl)c(OCc2cccc3ccccc23)cc1F. The van der Waals surface area contributed by atoms with Crippen LogP contribution in [0.15, 0.2) is 59.5 Å². The molecule has 0 aliphatic rings. The van der Waals surface area contributed by atoms with E-state index in [2.05, 4.69) is 0 Å². The summed E-state index contributed by atoms with van der Waals surface area (Å²) in [5.41, 5.74) is 0.903. The molecule has 0 bridgehead atoms. The minimum Gasteiger partial charge on any atom is -0.487 e. The van der Waals surface area contributed by atoms with Crippen molar-refractivity contribution in [3.63, 3.8) is 0 Å². The molecule has 7 heteroatoms. The Morgan fingerprint density at radius 2 is 1.79 bits per heavy atom. The number of nitrogens with two attached hydrogens (primary N) is 1. The molecule has 0 aliphatic heterocycles. The zero-order chi connectivity index (χ0) is 17.3. The minimum atomic E-state index is -4.18. The summed E-state index contributed by atoms with van der Waals surface area (Å²) in [6.07, 6.45) is 0. The summed E-state index contributed by atoms with van der Waals surface area (Å²) in [6, 6.07) is 15.4. The van der Waals surface area contributed by atoms with Crippen LogP contribution in [-0.4, -0.2) is 8.42 Å². The molecule has 0 radical (unpaired) electrons. The molecule has 24 heavy (non-hydrogen) atoms. The Hall–Kier alpha value is -2.15. The fourth-order valence-electron chi connectivity index (χ4n) is 2.41. The van der Waals surface area contributed by atoms with Gasteiger partial charge in [-0.2, -0.15) is 0 Å². The molecule has 124 valence electrons.